The Bertz CT molecular complexity index is 111. The van der Waals surface area contributed by atoms with Crippen LogP contribution in [0.3, 0.4) is 0 Å². The predicted molar refractivity (Wildman–Crippen MR) is 32.7 cm³/mol. The summed E-state index contributed by atoms with van der Waals surface area (Å²) < 4.78 is 1.63. The first kappa shape index (κ1) is 4.73. The van der Waals surface area contributed by atoms with Crippen molar-refractivity contribution in [1.82, 2.24) is 0 Å². The van der Waals surface area contributed by atoms with Crippen LogP contribution in [0.15, 0.2) is 17.9 Å². The average Bonchev–Trinajstić information content (AvgIpc) is 1.86. The van der Waals surface area contributed by atoms with Crippen molar-refractivity contribution in [3.8, 4) is 0 Å². The standard InChI is InChI=1S/C4H4P.Sn.H/c1-2-4-5-3-1;;/h1-3,5H;;. The summed E-state index contributed by atoms with van der Waals surface area (Å²) in [4.78, 5) is 0. The Morgan fingerprint density at radius 3 is 2.67 bits per heavy atom. The molecule has 0 amide bonds. The molecule has 0 aliphatic rings. The van der Waals surface area contributed by atoms with E-state index in [9.17, 15) is 0 Å². The second-order valence-electron chi connectivity index (χ2n) is 1.13. The molecule has 1 atom stereocenters. The van der Waals surface area contributed by atoms with E-state index < -0.39 is 0 Å². The zero-order chi connectivity index (χ0) is 4.41. The molecule has 0 bridgehead atoms. The van der Waals surface area contributed by atoms with Gasteiger partial charge in [0.2, 0.25) is 0 Å². The van der Waals surface area contributed by atoms with Gasteiger partial charge in [-0.3, -0.25) is 0 Å². The SMILES string of the molecule is [SnH][c]1ccc[pH]1. The third-order valence-electron chi connectivity index (χ3n) is 0.622. The maximum atomic E-state index is 2.22. The van der Waals surface area contributed by atoms with Crippen molar-refractivity contribution in [2.45, 2.75) is 0 Å². The first-order chi connectivity index (χ1) is 2.89. The molecule has 0 fully saturated rings. The van der Waals surface area contributed by atoms with Gasteiger partial charge in [-0.2, -0.15) is 0 Å². The molecule has 2 heteroatoms. The molecule has 0 aromatic carbocycles. The normalized spacial score (nSPS) is 10.2. The van der Waals surface area contributed by atoms with Crippen molar-refractivity contribution < 1.29 is 0 Å². The van der Waals surface area contributed by atoms with Gasteiger partial charge in [0.15, 0.2) is 0 Å². The van der Waals surface area contributed by atoms with Crippen LogP contribution in [-0.2, 0) is 0 Å². The van der Waals surface area contributed by atoms with Gasteiger partial charge in [-0.05, 0) is 0 Å². The second-order valence-corrected chi connectivity index (χ2v) is 5.75. The summed E-state index contributed by atoms with van der Waals surface area (Å²) in [6.45, 7) is 0. The maximum absolute atomic E-state index is 2.22. The van der Waals surface area contributed by atoms with Crippen LogP contribution in [0, 0.1) is 0 Å². The van der Waals surface area contributed by atoms with E-state index in [0.717, 1.165) is 8.19 Å². The Kier molecular flexibility index (Phi) is 1.61. The summed E-state index contributed by atoms with van der Waals surface area (Å²) in [6.07, 6.45) is 0. The molecule has 1 aromatic rings. The van der Waals surface area contributed by atoms with Crippen molar-refractivity contribution in [2.24, 2.45) is 0 Å². The predicted octanol–water partition coefficient (Wildman–Crippen LogP) is 0.244. The zero-order valence-corrected chi connectivity index (χ0v) is 7.61. The molecule has 0 aliphatic heterocycles. The molecular weight excluding hydrogens is 198 g/mol. The molecule has 0 saturated heterocycles. The topological polar surface area (TPSA) is 0 Å². The molecule has 0 spiro atoms. The first-order valence-corrected chi connectivity index (χ1v) is 4.51. The van der Waals surface area contributed by atoms with Crippen molar-refractivity contribution >= 4 is 34.0 Å². The molecule has 1 aromatic heterocycles. The van der Waals surface area contributed by atoms with E-state index in [1.54, 1.807) is 3.31 Å². The molecule has 2 radical (unpaired) electrons. The van der Waals surface area contributed by atoms with Crippen LogP contribution < -0.4 is 3.31 Å². The van der Waals surface area contributed by atoms with Crippen molar-refractivity contribution in [1.29, 1.82) is 0 Å². The Morgan fingerprint density at radius 1 is 1.67 bits per heavy atom. The van der Waals surface area contributed by atoms with E-state index in [0.29, 0.717) is 0 Å². The van der Waals surface area contributed by atoms with Gasteiger partial charge in [0, 0.05) is 0 Å². The van der Waals surface area contributed by atoms with Gasteiger partial charge in [0.05, 0.1) is 0 Å². The summed E-state index contributed by atoms with van der Waals surface area (Å²) in [7, 11) is 1.02. The van der Waals surface area contributed by atoms with Crippen molar-refractivity contribution in [3.63, 3.8) is 0 Å². The summed E-state index contributed by atoms with van der Waals surface area (Å²) >= 11 is 1.32. The van der Waals surface area contributed by atoms with Gasteiger partial charge < -0.3 is 0 Å². The van der Waals surface area contributed by atoms with E-state index >= 15 is 0 Å². The molecule has 0 N–H and O–H groups in total. The van der Waals surface area contributed by atoms with Gasteiger partial charge in [0.25, 0.3) is 0 Å². The van der Waals surface area contributed by atoms with Gasteiger partial charge in [-0.15, -0.1) is 0 Å². The summed E-state index contributed by atoms with van der Waals surface area (Å²) in [6, 6.07) is 4.35. The number of hydrogen-bond acceptors (Lipinski definition) is 0. The third kappa shape index (κ3) is 1.02. The second kappa shape index (κ2) is 2.04. The molecule has 0 nitrogen and oxygen atoms in total. The Hall–Kier alpha value is 0.579. The molecule has 0 saturated carbocycles. The van der Waals surface area contributed by atoms with Crippen molar-refractivity contribution in [3.05, 3.63) is 17.9 Å². The van der Waals surface area contributed by atoms with Crippen LogP contribution in [0.2, 0.25) is 0 Å². The molecule has 1 rings (SSSR count). The molecule has 0 aliphatic carbocycles. The van der Waals surface area contributed by atoms with Gasteiger partial charge in [0.1, 0.15) is 0 Å². The van der Waals surface area contributed by atoms with Crippen LogP contribution in [0.1, 0.15) is 0 Å². The molecule has 6 heavy (non-hydrogen) atoms. The number of rotatable bonds is 0. The minimum atomic E-state index is 1.02. The van der Waals surface area contributed by atoms with Gasteiger partial charge in [-0.1, -0.05) is 0 Å². The van der Waals surface area contributed by atoms with Crippen LogP contribution in [0.25, 0.3) is 0 Å². The number of hydrogen-bond donors (Lipinski definition) is 0. The van der Waals surface area contributed by atoms with Crippen molar-refractivity contribution in [2.75, 3.05) is 0 Å². The van der Waals surface area contributed by atoms with Gasteiger partial charge >= 0.3 is 52.0 Å². The fraction of sp³-hybridized carbons (Fsp3) is 0. The quantitative estimate of drug-likeness (QED) is 0.529. The van der Waals surface area contributed by atoms with Gasteiger partial charge in [-0.25, -0.2) is 0 Å². The average molecular weight is 203 g/mol. The Morgan fingerprint density at radius 2 is 2.50 bits per heavy atom. The Labute approximate surface area is 52.1 Å². The van der Waals surface area contributed by atoms with Crippen LogP contribution in [0.4, 0.5) is 0 Å². The van der Waals surface area contributed by atoms with E-state index in [2.05, 4.69) is 17.9 Å². The first-order valence-electron chi connectivity index (χ1n) is 1.78. The molecule has 30 valence electrons. The molecule has 1 heterocycles. The van der Waals surface area contributed by atoms with Crippen LogP contribution >= 0.6 is 8.19 Å². The monoisotopic (exact) mass is 204 g/mol. The zero-order valence-electron chi connectivity index (χ0n) is 3.31. The van der Waals surface area contributed by atoms with E-state index in [1.165, 1.54) is 22.5 Å². The molecule has 1 unspecified atom stereocenters. The molecular formula is C4H5PSn. The van der Waals surface area contributed by atoms with E-state index in [1.807, 2.05) is 0 Å². The minimum absolute atomic E-state index is 1.02. The van der Waals surface area contributed by atoms with E-state index in [4.69, 9.17) is 0 Å². The van der Waals surface area contributed by atoms with E-state index in [-0.39, 0.29) is 0 Å². The van der Waals surface area contributed by atoms with Crippen LogP contribution in [0.5, 0.6) is 0 Å². The Balaban J connectivity index is 3.05. The summed E-state index contributed by atoms with van der Waals surface area (Å²) in [5.41, 5.74) is 0. The fourth-order valence-electron chi connectivity index (χ4n) is 0.344. The fourth-order valence-corrected chi connectivity index (χ4v) is 2.06. The third-order valence-corrected chi connectivity index (χ3v) is 3.46. The van der Waals surface area contributed by atoms with Crippen LogP contribution in [-0.4, -0.2) is 22.5 Å². The summed E-state index contributed by atoms with van der Waals surface area (Å²) in [5.74, 6) is 2.22. The summed E-state index contributed by atoms with van der Waals surface area (Å²) in [5, 5.41) is 0.